The number of hydrogen-bond acceptors (Lipinski definition) is 5. The van der Waals surface area contributed by atoms with Crippen molar-refractivity contribution >= 4 is 22.4 Å². The Morgan fingerprint density at radius 2 is 2.24 bits per heavy atom. The second-order valence-electron chi connectivity index (χ2n) is 4.79. The van der Waals surface area contributed by atoms with Crippen LogP contribution < -0.4 is 5.73 Å². The Kier molecular flexibility index (Phi) is 3.61. The fourth-order valence-corrected chi connectivity index (χ4v) is 2.98. The van der Waals surface area contributed by atoms with E-state index >= 15 is 0 Å². The summed E-state index contributed by atoms with van der Waals surface area (Å²) in [7, 11) is 1.85. The molecule has 0 bridgehead atoms. The predicted molar refractivity (Wildman–Crippen MR) is 67.8 cm³/mol. The molecule has 1 aliphatic carbocycles. The molecule has 0 saturated heterocycles. The zero-order valence-corrected chi connectivity index (χ0v) is 11.0. The van der Waals surface area contributed by atoms with Gasteiger partial charge in [-0.05, 0) is 18.8 Å². The second-order valence-corrected chi connectivity index (χ2v) is 5.80. The summed E-state index contributed by atoms with van der Waals surface area (Å²) in [6.45, 7) is 2.24. The van der Waals surface area contributed by atoms with Crippen LogP contribution in [0.25, 0.3) is 0 Å². The van der Waals surface area contributed by atoms with E-state index in [-0.39, 0.29) is 5.91 Å². The monoisotopic (exact) mass is 254 g/mol. The number of amides is 1. The number of nitrogens with two attached hydrogens (primary N) is 1. The normalized spacial score (nSPS) is 24.6. The van der Waals surface area contributed by atoms with Crippen LogP contribution in [0, 0.1) is 5.92 Å². The third-order valence-electron chi connectivity index (χ3n) is 3.40. The van der Waals surface area contributed by atoms with Crippen molar-refractivity contribution in [3.63, 3.8) is 0 Å². The van der Waals surface area contributed by atoms with Gasteiger partial charge in [-0.3, -0.25) is 4.79 Å². The van der Waals surface area contributed by atoms with Crippen molar-refractivity contribution in [1.29, 1.82) is 0 Å². The lowest BCUT2D eigenvalue weighted by Crippen LogP contribution is -2.39. The number of rotatable bonds is 2. The minimum atomic E-state index is -0.0571. The molecule has 1 fully saturated rings. The van der Waals surface area contributed by atoms with Gasteiger partial charge in [-0.15, -0.1) is 10.2 Å². The smallest absolute Gasteiger partial charge is 0.284 e. The average Bonchev–Trinajstić information content (AvgIpc) is 2.74. The molecule has 17 heavy (non-hydrogen) atoms. The van der Waals surface area contributed by atoms with Crippen LogP contribution >= 0.6 is 11.3 Å². The molecule has 94 valence electrons. The Bertz CT molecular complexity index is 406. The van der Waals surface area contributed by atoms with Crippen molar-refractivity contribution in [2.45, 2.75) is 38.6 Å². The van der Waals surface area contributed by atoms with E-state index in [1.165, 1.54) is 12.8 Å². The summed E-state index contributed by atoms with van der Waals surface area (Å²) in [6, 6.07) is 0.330. The first kappa shape index (κ1) is 12.3. The molecule has 2 N–H and O–H groups in total. The van der Waals surface area contributed by atoms with Gasteiger partial charge in [-0.2, -0.15) is 0 Å². The van der Waals surface area contributed by atoms with Gasteiger partial charge >= 0.3 is 0 Å². The van der Waals surface area contributed by atoms with Crippen LogP contribution in [-0.2, 0) is 0 Å². The van der Waals surface area contributed by atoms with Gasteiger partial charge in [-0.1, -0.05) is 31.1 Å². The molecule has 0 aliphatic heterocycles. The first-order valence-electron chi connectivity index (χ1n) is 5.94. The molecule has 2 unspecified atom stereocenters. The topological polar surface area (TPSA) is 72.1 Å². The summed E-state index contributed by atoms with van der Waals surface area (Å²) >= 11 is 1.15. The van der Waals surface area contributed by atoms with Crippen molar-refractivity contribution in [3.8, 4) is 0 Å². The average molecular weight is 254 g/mol. The molecule has 1 aromatic rings. The highest BCUT2D eigenvalue weighted by Crippen LogP contribution is 2.27. The largest absolute Gasteiger partial charge is 0.374 e. The summed E-state index contributed by atoms with van der Waals surface area (Å²) in [5.41, 5.74) is 5.49. The van der Waals surface area contributed by atoms with E-state index in [0.29, 0.717) is 22.1 Å². The maximum absolute atomic E-state index is 12.1. The number of hydrogen-bond donors (Lipinski definition) is 1. The van der Waals surface area contributed by atoms with E-state index in [1.807, 2.05) is 7.05 Å². The molecule has 0 radical (unpaired) electrons. The molecule has 0 aromatic carbocycles. The van der Waals surface area contributed by atoms with Crippen LogP contribution in [0.5, 0.6) is 0 Å². The lowest BCUT2D eigenvalue weighted by atomic mass is 9.86. The van der Waals surface area contributed by atoms with Crippen LogP contribution in [0.1, 0.15) is 42.4 Å². The van der Waals surface area contributed by atoms with E-state index < -0.39 is 0 Å². The SMILES string of the molecule is CC1CCCC(N(C)C(=O)c2nnc(N)s2)C1. The first-order chi connectivity index (χ1) is 8.08. The number of carbonyl (C=O) groups excluding carboxylic acids is 1. The van der Waals surface area contributed by atoms with Crippen molar-refractivity contribution < 1.29 is 4.79 Å². The van der Waals surface area contributed by atoms with Crippen LogP contribution in [0.4, 0.5) is 5.13 Å². The predicted octanol–water partition coefficient (Wildman–Crippen LogP) is 1.77. The molecule has 1 heterocycles. The molecule has 2 atom stereocenters. The molecule has 1 aromatic heterocycles. The van der Waals surface area contributed by atoms with Gasteiger partial charge in [0.1, 0.15) is 0 Å². The maximum Gasteiger partial charge on any atom is 0.284 e. The fraction of sp³-hybridized carbons (Fsp3) is 0.727. The summed E-state index contributed by atoms with van der Waals surface area (Å²) in [5, 5.41) is 8.22. The summed E-state index contributed by atoms with van der Waals surface area (Å²) in [4.78, 5) is 13.9. The third-order valence-corrected chi connectivity index (χ3v) is 4.14. The molecule has 1 saturated carbocycles. The Morgan fingerprint density at radius 1 is 1.47 bits per heavy atom. The molecule has 2 rings (SSSR count). The lowest BCUT2D eigenvalue weighted by Gasteiger charge is -2.33. The molecule has 0 spiro atoms. The van der Waals surface area contributed by atoms with Crippen LogP contribution in [0.3, 0.4) is 0 Å². The highest BCUT2D eigenvalue weighted by Gasteiger charge is 2.27. The third kappa shape index (κ3) is 2.74. The molecular formula is C11H18N4OS. The Balaban J connectivity index is 2.04. The van der Waals surface area contributed by atoms with Gasteiger partial charge in [0.15, 0.2) is 0 Å². The van der Waals surface area contributed by atoms with E-state index in [2.05, 4.69) is 17.1 Å². The maximum atomic E-state index is 12.1. The Labute approximate surface area is 105 Å². The summed E-state index contributed by atoms with van der Waals surface area (Å²) in [6.07, 6.45) is 4.63. The number of nitrogen functional groups attached to an aromatic ring is 1. The van der Waals surface area contributed by atoms with E-state index in [1.54, 1.807) is 4.90 Å². The van der Waals surface area contributed by atoms with Gasteiger partial charge in [0.2, 0.25) is 10.1 Å². The number of carbonyl (C=O) groups is 1. The van der Waals surface area contributed by atoms with Crippen LogP contribution in [0.2, 0.25) is 0 Å². The zero-order valence-electron chi connectivity index (χ0n) is 10.2. The molecule has 5 nitrogen and oxygen atoms in total. The molecular weight excluding hydrogens is 236 g/mol. The highest BCUT2D eigenvalue weighted by molar-refractivity contribution is 7.16. The number of aromatic nitrogens is 2. The van der Waals surface area contributed by atoms with Crippen molar-refractivity contribution in [1.82, 2.24) is 15.1 Å². The summed E-state index contributed by atoms with van der Waals surface area (Å²) in [5.74, 6) is 0.641. The van der Waals surface area contributed by atoms with Gasteiger partial charge in [0.25, 0.3) is 5.91 Å². The summed E-state index contributed by atoms with van der Waals surface area (Å²) < 4.78 is 0. The number of nitrogens with zero attached hydrogens (tertiary/aromatic N) is 3. The minimum absolute atomic E-state index is 0.0571. The quantitative estimate of drug-likeness (QED) is 0.873. The highest BCUT2D eigenvalue weighted by atomic mass is 32.1. The van der Waals surface area contributed by atoms with E-state index in [0.717, 1.165) is 24.2 Å². The Hall–Kier alpha value is -1.17. The van der Waals surface area contributed by atoms with E-state index in [4.69, 9.17) is 5.73 Å². The molecule has 6 heteroatoms. The minimum Gasteiger partial charge on any atom is -0.374 e. The zero-order chi connectivity index (χ0) is 12.4. The Morgan fingerprint density at radius 3 is 2.82 bits per heavy atom. The van der Waals surface area contributed by atoms with E-state index in [9.17, 15) is 4.79 Å². The van der Waals surface area contributed by atoms with Gasteiger partial charge in [0, 0.05) is 13.1 Å². The molecule has 1 aliphatic rings. The van der Waals surface area contributed by atoms with Gasteiger partial charge in [-0.25, -0.2) is 0 Å². The fourth-order valence-electron chi connectivity index (χ4n) is 2.39. The standard InChI is InChI=1S/C11H18N4OS/c1-7-4-3-5-8(6-7)15(2)10(16)9-13-14-11(12)17-9/h7-8H,3-6H2,1-2H3,(H2,12,14). The lowest BCUT2D eigenvalue weighted by molar-refractivity contribution is 0.0671. The van der Waals surface area contributed by atoms with Crippen molar-refractivity contribution in [2.75, 3.05) is 12.8 Å². The first-order valence-corrected chi connectivity index (χ1v) is 6.75. The van der Waals surface area contributed by atoms with Crippen LogP contribution in [0.15, 0.2) is 0 Å². The number of anilines is 1. The van der Waals surface area contributed by atoms with Crippen molar-refractivity contribution in [3.05, 3.63) is 5.01 Å². The molecule has 1 amide bonds. The second kappa shape index (κ2) is 5.00. The van der Waals surface area contributed by atoms with Crippen molar-refractivity contribution in [2.24, 2.45) is 5.92 Å². The van der Waals surface area contributed by atoms with Gasteiger partial charge < -0.3 is 10.6 Å². The van der Waals surface area contributed by atoms with Gasteiger partial charge in [0.05, 0.1) is 0 Å². The van der Waals surface area contributed by atoms with Crippen LogP contribution in [-0.4, -0.2) is 34.1 Å².